The molecule has 2 rings (SSSR count). The summed E-state index contributed by atoms with van der Waals surface area (Å²) in [5, 5.41) is 26.4. The number of non-ortho nitro benzene ring substituents is 1. The summed E-state index contributed by atoms with van der Waals surface area (Å²) >= 11 is 0. The molecule has 0 saturated carbocycles. The van der Waals surface area contributed by atoms with Gasteiger partial charge in [-0.1, -0.05) is 6.07 Å². The molecule has 0 bridgehead atoms. The number of phenolic OH excluding ortho intramolecular Hbond substituents is 1. The lowest BCUT2D eigenvalue weighted by molar-refractivity contribution is -0.384. The summed E-state index contributed by atoms with van der Waals surface area (Å²) in [6, 6.07) is 8.64. The fourth-order valence-corrected chi connectivity index (χ4v) is 2.41. The van der Waals surface area contributed by atoms with Crippen molar-refractivity contribution < 1.29 is 29.1 Å². The molecule has 158 valence electrons. The lowest BCUT2D eigenvalue weighted by Gasteiger charge is -2.10. The van der Waals surface area contributed by atoms with Gasteiger partial charge in [-0.3, -0.25) is 19.7 Å². The van der Waals surface area contributed by atoms with Crippen LogP contribution < -0.4 is 20.2 Å². The number of nitrogens with zero attached hydrogens (tertiary/aromatic N) is 2. The van der Waals surface area contributed by atoms with Gasteiger partial charge in [0.25, 0.3) is 5.69 Å². The van der Waals surface area contributed by atoms with Crippen LogP contribution in [0.5, 0.6) is 17.2 Å². The first-order chi connectivity index (χ1) is 14.3. The summed E-state index contributed by atoms with van der Waals surface area (Å²) in [4.78, 5) is 33.7. The summed E-state index contributed by atoms with van der Waals surface area (Å²) < 4.78 is 10.4. The monoisotopic (exact) mass is 416 g/mol. The van der Waals surface area contributed by atoms with Crippen LogP contribution in [0.15, 0.2) is 41.5 Å². The number of hydrogen-bond donors (Lipinski definition) is 3. The number of nitro groups is 1. The van der Waals surface area contributed by atoms with Crippen molar-refractivity contribution >= 4 is 23.7 Å². The molecule has 0 atom stereocenters. The van der Waals surface area contributed by atoms with Crippen molar-refractivity contribution in [2.24, 2.45) is 5.10 Å². The molecular weight excluding hydrogens is 396 g/mol. The summed E-state index contributed by atoms with van der Waals surface area (Å²) in [6.45, 7) is 0.192. The van der Waals surface area contributed by atoms with Crippen molar-refractivity contribution in [1.29, 1.82) is 0 Å². The smallest absolute Gasteiger partial charge is 0.329 e. The molecule has 0 fully saturated rings. The molecule has 0 spiro atoms. The van der Waals surface area contributed by atoms with Crippen molar-refractivity contribution in [2.75, 3.05) is 20.8 Å². The van der Waals surface area contributed by atoms with Crippen LogP contribution in [-0.4, -0.2) is 48.8 Å². The molecule has 0 aliphatic heterocycles. The zero-order valence-corrected chi connectivity index (χ0v) is 16.2. The minimum absolute atomic E-state index is 0.0124. The molecule has 11 heteroatoms. The maximum Gasteiger partial charge on any atom is 0.329 e. The Bertz CT molecular complexity index is 975. The Morgan fingerprint density at radius 3 is 2.53 bits per heavy atom. The molecule has 3 N–H and O–H groups in total. The predicted molar refractivity (Wildman–Crippen MR) is 107 cm³/mol. The van der Waals surface area contributed by atoms with Gasteiger partial charge in [0.15, 0.2) is 11.5 Å². The largest absolute Gasteiger partial charge is 0.507 e. The lowest BCUT2D eigenvalue weighted by Crippen LogP contribution is -2.38. The van der Waals surface area contributed by atoms with Crippen LogP contribution in [0.25, 0.3) is 0 Å². The third kappa shape index (κ3) is 5.92. The van der Waals surface area contributed by atoms with E-state index in [1.54, 1.807) is 12.1 Å². The number of nitro benzene ring substituents is 1. The molecule has 2 aromatic carbocycles. The molecule has 2 aromatic rings. The first kappa shape index (κ1) is 22.1. The minimum Gasteiger partial charge on any atom is -0.507 e. The van der Waals surface area contributed by atoms with Crippen LogP contribution in [0, 0.1) is 10.1 Å². The number of hydrogen-bond acceptors (Lipinski definition) is 8. The minimum atomic E-state index is -1.02. The van der Waals surface area contributed by atoms with E-state index in [0.717, 1.165) is 30.0 Å². The van der Waals surface area contributed by atoms with E-state index in [2.05, 4.69) is 10.4 Å². The molecule has 2 amide bonds. The van der Waals surface area contributed by atoms with Crippen molar-refractivity contribution in [3.05, 3.63) is 57.6 Å². The number of methoxy groups -OCH3 is 2. The number of nitrogens with one attached hydrogen (secondary N) is 2. The van der Waals surface area contributed by atoms with E-state index in [1.165, 1.54) is 14.2 Å². The maximum atomic E-state index is 11.8. The SMILES string of the molecule is COc1ccc(CCNC(=O)C(=O)NN=Cc2cc([N+](=O)[O-])ccc2O)cc1OC. The van der Waals surface area contributed by atoms with E-state index in [1.807, 2.05) is 11.5 Å². The summed E-state index contributed by atoms with van der Waals surface area (Å²) in [5.41, 5.74) is 2.61. The zero-order valence-electron chi connectivity index (χ0n) is 16.2. The number of hydrazone groups is 1. The third-order valence-electron chi connectivity index (χ3n) is 3.95. The Morgan fingerprint density at radius 1 is 1.13 bits per heavy atom. The Morgan fingerprint density at radius 2 is 1.87 bits per heavy atom. The normalized spacial score (nSPS) is 10.5. The van der Waals surface area contributed by atoms with Gasteiger partial charge in [-0.15, -0.1) is 0 Å². The fraction of sp³-hybridized carbons (Fsp3) is 0.211. The second-order valence-corrected chi connectivity index (χ2v) is 5.89. The van der Waals surface area contributed by atoms with Crippen molar-refractivity contribution in [1.82, 2.24) is 10.7 Å². The number of rotatable bonds is 8. The van der Waals surface area contributed by atoms with Gasteiger partial charge in [-0.05, 0) is 30.2 Å². The number of benzene rings is 2. The van der Waals surface area contributed by atoms with Gasteiger partial charge >= 0.3 is 11.8 Å². The summed E-state index contributed by atoms with van der Waals surface area (Å²) in [7, 11) is 3.04. The number of carbonyl (C=O) groups is 2. The highest BCUT2D eigenvalue weighted by molar-refractivity contribution is 6.35. The summed E-state index contributed by atoms with van der Waals surface area (Å²) in [5.74, 6) is -1.06. The van der Waals surface area contributed by atoms with Gasteiger partial charge < -0.3 is 19.9 Å². The molecule has 11 nitrogen and oxygen atoms in total. The van der Waals surface area contributed by atoms with Crippen molar-refractivity contribution in [3.63, 3.8) is 0 Å². The fourth-order valence-electron chi connectivity index (χ4n) is 2.41. The average molecular weight is 416 g/mol. The standard InChI is InChI=1S/C19H20N4O7/c1-29-16-6-3-12(9-17(16)30-2)7-8-20-18(25)19(26)22-21-11-13-10-14(23(27)28)4-5-15(13)24/h3-6,9-11,24H,7-8H2,1-2H3,(H,20,25)(H,22,26). The van der Waals surface area contributed by atoms with E-state index in [9.17, 15) is 24.8 Å². The number of carbonyl (C=O) groups excluding carboxylic acids is 2. The quantitative estimate of drug-likeness (QED) is 0.252. The highest BCUT2D eigenvalue weighted by atomic mass is 16.6. The Hall–Kier alpha value is -4.15. The second kappa shape index (κ2) is 10.4. The molecule has 0 heterocycles. The Balaban J connectivity index is 1.85. The molecule has 0 radical (unpaired) electrons. The number of phenols is 1. The van der Waals surface area contributed by atoms with Crippen LogP contribution >= 0.6 is 0 Å². The Kier molecular flexibility index (Phi) is 7.68. The molecule has 0 saturated heterocycles. The van der Waals surface area contributed by atoms with Crippen molar-refractivity contribution in [2.45, 2.75) is 6.42 Å². The average Bonchev–Trinajstić information content (AvgIpc) is 2.74. The van der Waals surface area contributed by atoms with Gasteiger partial charge in [0, 0.05) is 24.2 Å². The van der Waals surface area contributed by atoms with Gasteiger partial charge in [-0.25, -0.2) is 5.43 Å². The number of aromatic hydroxyl groups is 1. The first-order valence-electron chi connectivity index (χ1n) is 8.65. The molecule has 0 aliphatic carbocycles. The van der Waals surface area contributed by atoms with Gasteiger partial charge in [0.1, 0.15) is 5.75 Å². The second-order valence-electron chi connectivity index (χ2n) is 5.89. The van der Waals surface area contributed by atoms with E-state index in [4.69, 9.17) is 9.47 Å². The Labute approximate surface area is 171 Å². The van der Waals surface area contributed by atoms with Crippen molar-refractivity contribution in [3.8, 4) is 17.2 Å². The van der Waals surface area contributed by atoms with Gasteiger partial charge in [-0.2, -0.15) is 5.10 Å². The van der Waals surface area contributed by atoms with Crippen LogP contribution in [0.2, 0.25) is 0 Å². The van der Waals surface area contributed by atoms with Gasteiger partial charge in [0.05, 0.1) is 25.4 Å². The van der Waals surface area contributed by atoms with E-state index >= 15 is 0 Å². The van der Waals surface area contributed by atoms with E-state index in [0.29, 0.717) is 17.9 Å². The van der Waals surface area contributed by atoms with Crippen LogP contribution in [0.1, 0.15) is 11.1 Å². The van der Waals surface area contributed by atoms with Crippen LogP contribution in [0.3, 0.4) is 0 Å². The van der Waals surface area contributed by atoms with Crippen LogP contribution in [-0.2, 0) is 16.0 Å². The van der Waals surface area contributed by atoms with Crippen LogP contribution in [0.4, 0.5) is 5.69 Å². The molecular formula is C19H20N4O7. The maximum absolute atomic E-state index is 11.8. The molecule has 30 heavy (non-hydrogen) atoms. The third-order valence-corrected chi connectivity index (χ3v) is 3.95. The number of ether oxygens (including phenoxy) is 2. The molecule has 0 aromatic heterocycles. The summed E-state index contributed by atoms with van der Waals surface area (Å²) in [6.07, 6.45) is 1.45. The first-order valence-corrected chi connectivity index (χ1v) is 8.65. The van der Waals surface area contributed by atoms with E-state index in [-0.39, 0.29) is 23.5 Å². The van der Waals surface area contributed by atoms with E-state index < -0.39 is 16.7 Å². The topological polar surface area (TPSA) is 152 Å². The molecule has 0 aliphatic rings. The zero-order chi connectivity index (χ0) is 22.1. The predicted octanol–water partition coefficient (Wildman–Crippen LogP) is 1.13. The molecule has 0 unspecified atom stereocenters. The number of amides is 2. The van der Waals surface area contributed by atoms with Gasteiger partial charge in [0.2, 0.25) is 0 Å². The lowest BCUT2D eigenvalue weighted by atomic mass is 10.1. The highest BCUT2D eigenvalue weighted by Gasteiger charge is 2.13. The highest BCUT2D eigenvalue weighted by Crippen LogP contribution is 2.27.